The predicted octanol–water partition coefficient (Wildman–Crippen LogP) is 2.21. The van der Waals surface area contributed by atoms with Gasteiger partial charge in [-0.05, 0) is 6.92 Å². The van der Waals surface area contributed by atoms with Crippen molar-refractivity contribution in [3.63, 3.8) is 0 Å². The highest BCUT2D eigenvalue weighted by Crippen LogP contribution is 2.33. The Morgan fingerprint density at radius 3 is 2.50 bits per heavy atom. The van der Waals surface area contributed by atoms with E-state index < -0.39 is 0 Å². The first-order valence-electron chi connectivity index (χ1n) is 5.59. The van der Waals surface area contributed by atoms with Crippen molar-refractivity contribution in [3.05, 3.63) is 24.3 Å². The maximum absolute atomic E-state index is 5.91. The van der Waals surface area contributed by atoms with Crippen LogP contribution in [0.25, 0.3) is 11.0 Å². The molecule has 0 saturated heterocycles. The third-order valence-corrected chi connectivity index (χ3v) is 2.71. The van der Waals surface area contributed by atoms with Crippen molar-refractivity contribution in [1.82, 2.24) is 9.55 Å². The molecule has 1 aromatic carbocycles. The number of hydrogen-bond acceptors (Lipinski definition) is 4. The minimum absolute atomic E-state index is 0.461. The third-order valence-electron chi connectivity index (χ3n) is 2.71. The summed E-state index contributed by atoms with van der Waals surface area (Å²) in [7, 11) is 3.20. The average molecular weight is 247 g/mol. The molecule has 0 aliphatic carbocycles. The number of allylic oxidation sites excluding steroid dienone is 1. The van der Waals surface area contributed by atoms with Gasteiger partial charge < -0.3 is 19.8 Å². The zero-order valence-corrected chi connectivity index (χ0v) is 10.9. The van der Waals surface area contributed by atoms with E-state index in [0.717, 1.165) is 16.6 Å². The molecular formula is C13H17N3O2. The van der Waals surface area contributed by atoms with Crippen LogP contribution in [0.2, 0.25) is 0 Å². The summed E-state index contributed by atoms with van der Waals surface area (Å²) in [4.78, 5) is 4.31. The van der Waals surface area contributed by atoms with Crippen molar-refractivity contribution >= 4 is 17.0 Å². The van der Waals surface area contributed by atoms with Crippen LogP contribution in [0.5, 0.6) is 11.5 Å². The first-order chi connectivity index (χ1) is 8.56. The van der Waals surface area contributed by atoms with Crippen molar-refractivity contribution in [2.24, 2.45) is 0 Å². The first kappa shape index (κ1) is 12.3. The summed E-state index contributed by atoms with van der Waals surface area (Å²) in [6.07, 6.45) is 0. The van der Waals surface area contributed by atoms with E-state index in [1.165, 1.54) is 0 Å². The van der Waals surface area contributed by atoms with Crippen molar-refractivity contribution in [2.75, 3.05) is 20.0 Å². The number of anilines is 1. The van der Waals surface area contributed by atoms with E-state index in [1.54, 1.807) is 14.2 Å². The van der Waals surface area contributed by atoms with Gasteiger partial charge in [-0.25, -0.2) is 4.98 Å². The highest BCUT2D eigenvalue weighted by molar-refractivity contribution is 5.82. The smallest absolute Gasteiger partial charge is 0.201 e. The van der Waals surface area contributed by atoms with Crippen molar-refractivity contribution < 1.29 is 9.47 Å². The Kier molecular flexibility index (Phi) is 3.14. The van der Waals surface area contributed by atoms with Crippen LogP contribution in [-0.4, -0.2) is 23.8 Å². The van der Waals surface area contributed by atoms with Gasteiger partial charge in [0.05, 0.1) is 25.3 Å². The minimum Gasteiger partial charge on any atom is -0.493 e. The molecular weight excluding hydrogens is 230 g/mol. The molecule has 2 aromatic rings. The van der Waals surface area contributed by atoms with Crippen LogP contribution in [0.3, 0.4) is 0 Å². The Morgan fingerprint density at radius 1 is 1.33 bits per heavy atom. The fraction of sp³-hybridized carbons (Fsp3) is 0.308. The average Bonchev–Trinajstić information content (AvgIpc) is 2.63. The molecule has 0 unspecified atom stereocenters. The van der Waals surface area contributed by atoms with Gasteiger partial charge in [0.25, 0.3) is 0 Å². The zero-order valence-electron chi connectivity index (χ0n) is 10.9. The molecule has 5 heteroatoms. The monoisotopic (exact) mass is 247 g/mol. The van der Waals surface area contributed by atoms with Gasteiger partial charge in [-0.15, -0.1) is 0 Å². The van der Waals surface area contributed by atoms with E-state index in [2.05, 4.69) is 11.6 Å². The van der Waals surface area contributed by atoms with Crippen LogP contribution in [-0.2, 0) is 6.54 Å². The number of fused-ring (bicyclic) bond motifs is 1. The summed E-state index contributed by atoms with van der Waals surface area (Å²) in [6, 6.07) is 3.69. The maximum atomic E-state index is 5.91. The number of rotatable bonds is 4. The lowest BCUT2D eigenvalue weighted by molar-refractivity contribution is 0.355. The molecule has 0 spiro atoms. The molecule has 2 rings (SSSR count). The molecule has 0 amide bonds. The second kappa shape index (κ2) is 4.60. The highest BCUT2D eigenvalue weighted by atomic mass is 16.5. The lowest BCUT2D eigenvalue weighted by Crippen LogP contribution is -2.03. The van der Waals surface area contributed by atoms with Gasteiger partial charge >= 0.3 is 0 Å². The van der Waals surface area contributed by atoms with Gasteiger partial charge in [0.1, 0.15) is 0 Å². The summed E-state index contributed by atoms with van der Waals surface area (Å²) in [5.41, 5.74) is 8.62. The number of benzene rings is 1. The largest absolute Gasteiger partial charge is 0.493 e. The van der Waals surface area contributed by atoms with Gasteiger partial charge in [0.15, 0.2) is 11.5 Å². The molecule has 0 radical (unpaired) electrons. The fourth-order valence-corrected chi connectivity index (χ4v) is 1.91. The molecule has 5 nitrogen and oxygen atoms in total. The quantitative estimate of drug-likeness (QED) is 0.841. The Labute approximate surface area is 106 Å². The fourth-order valence-electron chi connectivity index (χ4n) is 1.91. The van der Waals surface area contributed by atoms with E-state index in [-0.39, 0.29) is 0 Å². The van der Waals surface area contributed by atoms with E-state index >= 15 is 0 Å². The summed E-state index contributed by atoms with van der Waals surface area (Å²) >= 11 is 0. The molecule has 1 aromatic heterocycles. The second-order valence-electron chi connectivity index (χ2n) is 4.21. The number of hydrogen-bond donors (Lipinski definition) is 1. The summed E-state index contributed by atoms with van der Waals surface area (Å²) in [5.74, 6) is 1.76. The first-order valence-corrected chi connectivity index (χ1v) is 5.59. The van der Waals surface area contributed by atoms with E-state index in [9.17, 15) is 0 Å². The van der Waals surface area contributed by atoms with Crippen LogP contribution < -0.4 is 15.2 Å². The van der Waals surface area contributed by atoms with Crippen LogP contribution in [0.4, 0.5) is 5.95 Å². The summed E-state index contributed by atoms with van der Waals surface area (Å²) < 4.78 is 12.4. The van der Waals surface area contributed by atoms with Crippen LogP contribution in [0.1, 0.15) is 6.92 Å². The van der Waals surface area contributed by atoms with Crippen molar-refractivity contribution in [1.29, 1.82) is 0 Å². The Hall–Kier alpha value is -2.17. The van der Waals surface area contributed by atoms with E-state index in [4.69, 9.17) is 15.2 Å². The predicted molar refractivity (Wildman–Crippen MR) is 72.1 cm³/mol. The molecule has 2 N–H and O–H groups in total. The molecule has 96 valence electrons. The van der Waals surface area contributed by atoms with Gasteiger partial charge in [-0.3, -0.25) is 0 Å². The van der Waals surface area contributed by atoms with Crippen LogP contribution in [0, 0.1) is 0 Å². The molecule has 0 saturated carbocycles. The molecule has 1 heterocycles. The van der Waals surface area contributed by atoms with E-state index in [0.29, 0.717) is 24.0 Å². The molecule has 0 atom stereocenters. The lowest BCUT2D eigenvalue weighted by Gasteiger charge is -2.09. The normalized spacial score (nSPS) is 10.6. The van der Waals surface area contributed by atoms with Gasteiger partial charge in [0, 0.05) is 18.7 Å². The van der Waals surface area contributed by atoms with Gasteiger partial charge in [-0.2, -0.15) is 0 Å². The standard InChI is InChI=1S/C13H17N3O2/c1-8(2)7-16-10-6-12(18-4)11(17-3)5-9(10)15-13(16)14/h5-6H,1,7H2,2-4H3,(H2,14,15). The Bertz CT molecular complexity index is 602. The number of nitrogen functional groups attached to an aromatic ring is 1. The molecule has 18 heavy (non-hydrogen) atoms. The molecule has 0 aliphatic rings. The number of methoxy groups -OCH3 is 2. The summed E-state index contributed by atoms with van der Waals surface area (Å²) in [5, 5.41) is 0. The molecule has 0 aliphatic heterocycles. The summed E-state index contributed by atoms with van der Waals surface area (Å²) in [6.45, 7) is 6.48. The van der Waals surface area contributed by atoms with Gasteiger partial charge in [-0.1, -0.05) is 12.2 Å². The number of nitrogens with two attached hydrogens (primary N) is 1. The zero-order chi connectivity index (χ0) is 13.3. The number of nitrogens with zero attached hydrogens (tertiary/aromatic N) is 2. The minimum atomic E-state index is 0.461. The van der Waals surface area contributed by atoms with Crippen LogP contribution in [0.15, 0.2) is 24.3 Å². The highest BCUT2D eigenvalue weighted by Gasteiger charge is 2.13. The van der Waals surface area contributed by atoms with Gasteiger partial charge in [0.2, 0.25) is 5.95 Å². The number of aromatic nitrogens is 2. The van der Waals surface area contributed by atoms with E-state index in [1.807, 2.05) is 23.6 Å². The third kappa shape index (κ3) is 1.99. The Balaban J connectivity index is 2.66. The maximum Gasteiger partial charge on any atom is 0.201 e. The second-order valence-corrected chi connectivity index (χ2v) is 4.21. The van der Waals surface area contributed by atoms with Crippen molar-refractivity contribution in [2.45, 2.75) is 13.5 Å². The topological polar surface area (TPSA) is 62.3 Å². The molecule has 0 bridgehead atoms. The number of ether oxygens (including phenoxy) is 2. The SMILES string of the molecule is C=C(C)Cn1c(N)nc2cc(OC)c(OC)cc21. The van der Waals surface area contributed by atoms with Crippen LogP contribution >= 0.6 is 0 Å². The van der Waals surface area contributed by atoms with Crippen molar-refractivity contribution in [3.8, 4) is 11.5 Å². The number of imidazole rings is 1. The molecule has 0 fully saturated rings. The lowest BCUT2D eigenvalue weighted by atomic mass is 10.2. The Morgan fingerprint density at radius 2 is 1.94 bits per heavy atom.